The van der Waals surface area contributed by atoms with Gasteiger partial charge < -0.3 is 10.4 Å². The van der Waals surface area contributed by atoms with Crippen molar-refractivity contribution < 1.29 is 14.7 Å². The molecule has 2 rings (SSSR count). The van der Waals surface area contributed by atoms with Crippen LogP contribution in [0.3, 0.4) is 0 Å². The number of amides is 1. The van der Waals surface area contributed by atoms with E-state index in [1.54, 1.807) is 32.2 Å². The average Bonchev–Trinajstić information content (AvgIpc) is 2.77. The Hall–Kier alpha value is -2.57. The first kappa shape index (κ1) is 16.8. The summed E-state index contributed by atoms with van der Waals surface area (Å²) >= 11 is 0. The Balaban J connectivity index is 2.26. The van der Waals surface area contributed by atoms with Crippen molar-refractivity contribution in [1.82, 2.24) is 14.5 Å². The molecule has 2 unspecified atom stereocenters. The molecule has 0 saturated carbocycles. The Morgan fingerprint density at radius 1 is 1.26 bits per heavy atom. The van der Waals surface area contributed by atoms with Gasteiger partial charge in [0.1, 0.15) is 12.6 Å². The van der Waals surface area contributed by atoms with Crippen LogP contribution in [0.1, 0.15) is 20.3 Å². The van der Waals surface area contributed by atoms with Gasteiger partial charge in [-0.3, -0.25) is 13.9 Å². The van der Waals surface area contributed by atoms with E-state index in [1.165, 1.54) is 9.13 Å². The molecule has 0 bridgehead atoms. The molecule has 0 aliphatic carbocycles. The van der Waals surface area contributed by atoms with Gasteiger partial charge in [0.15, 0.2) is 0 Å². The Morgan fingerprint density at radius 3 is 2.43 bits per heavy atom. The first-order valence-electron chi connectivity index (χ1n) is 7.53. The molecule has 1 amide bonds. The highest BCUT2D eigenvalue weighted by Gasteiger charge is 2.25. The standard InChI is InChI=1S/C16H21N3O4/c1-4-10(2)14(15(21)22)17-13(20)9-19-12-8-6-5-7-11(12)18(3)16(19)23/h5-8,10,14H,4,9H2,1-3H3,(H,17,20)(H,21,22). The zero-order chi connectivity index (χ0) is 17.1. The minimum Gasteiger partial charge on any atom is -0.480 e. The third-order valence-corrected chi connectivity index (χ3v) is 4.15. The number of carboxylic acid groups (broad SMARTS) is 1. The van der Waals surface area contributed by atoms with Crippen molar-refractivity contribution >= 4 is 22.9 Å². The van der Waals surface area contributed by atoms with E-state index in [0.717, 1.165) is 5.52 Å². The molecule has 1 heterocycles. The Bertz CT molecular complexity index is 790. The summed E-state index contributed by atoms with van der Waals surface area (Å²) in [6, 6.07) is 6.20. The van der Waals surface area contributed by atoms with E-state index in [0.29, 0.717) is 11.9 Å². The van der Waals surface area contributed by atoms with Crippen LogP contribution < -0.4 is 11.0 Å². The molecule has 7 nitrogen and oxygen atoms in total. The molecule has 0 saturated heterocycles. The minimum atomic E-state index is -1.07. The van der Waals surface area contributed by atoms with E-state index in [2.05, 4.69) is 5.32 Å². The monoisotopic (exact) mass is 319 g/mol. The summed E-state index contributed by atoms with van der Waals surface area (Å²) in [4.78, 5) is 35.8. The molecule has 1 aromatic carbocycles. The van der Waals surface area contributed by atoms with Gasteiger partial charge in [-0.15, -0.1) is 0 Å². The number of aromatic nitrogens is 2. The lowest BCUT2D eigenvalue weighted by Crippen LogP contribution is -2.46. The number of aliphatic carboxylic acids is 1. The van der Waals surface area contributed by atoms with Gasteiger partial charge in [0, 0.05) is 7.05 Å². The highest BCUT2D eigenvalue weighted by Crippen LogP contribution is 2.12. The second-order valence-electron chi connectivity index (χ2n) is 5.69. The molecule has 0 fully saturated rings. The fraction of sp³-hybridized carbons (Fsp3) is 0.438. The van der Waals surface area contributed by atoms with E-state index in [-0.39, 0.29) is 18.2 Å². The van der Waals surface area contributed by atoms with Crippen LogP contribution in [0.2, 0.25) is 0 Å². The molecule has 2 aromatic rings. The fourth-order valence-electron chi connectivity index (χ4n) is 2.56. The van der Waals surface area contributed by atoms with Crippen LogP contribution in [-0.4, -0.2) is 32.2 Å². The molecular formula is C16H21N3O4. The van der Waals surface area contributed by atoms with E-state index in [4.69, 9.17) is 0 Å². The zero-order valence-electron chi connectivity index (χ0n) is 13.4. The van der Waals surface area contributed by atoms with Crippen LogP contribution in [0.15, 0.2) is 29.1 Å². The Kier molecular flexibility index (Phi) is 4.88. The molecule has 1 aromatic heterocycles. The van der Waals surface area contributed by atoms with Gasteiger partial charge in [-0.1, -0.05) is 32.4 Å². The van der Waals surface area contributed by atoms with Crippen LogP contribution in [0, 0.1) is 5.92 Å². The first-order valence-corrected chi connectivity index (χ1v) is 7.53. The van der Waals surface area contributed by atoms with Gasteiger partial charge in [0.25, 0.3) is 0 Å². The number of carbonyl (C=O) groups is 2. The number of fused-ring (bicyclic) bond motifs is 1. The summed E-state index contributed by atoms with van der Waals surface area (Å²) in [5, 5.41) is 11.7. The normalized spacial score (nSPS) is 13.7. The van der Waals surface area contributed by atoms with E-state index < -0.39 is 17.9 Å². The van der Waals surface area contributed by atoms with Gasteiger partial charge >= 0.3 is 11.7 Å². The lowest BCUT2D eigenvalue weighted by molar-refractivity contribution is -0.143. The molecule has 0 aliphatic rings. The largest absolute Gasteiger partial charge is 0.480 e. The maximum Gasteiger partial charge on any atom is 0.329 e. The number of rotatable bonds is 6. The van der Waals surface area contributed by atoms with Gasteiger partial charge in [-0.05, 0) is 18.1 Å². The summed E-state index contributed by atoms with van der Waals surface area (Å²) in [7, 11) is 1.64. The van der Waals surface area contributed by atoms with Crippen molar-refractivity contribution in [2.24, 2.45) is 13.0 Å². The minimum absolute atomic E-state index is 0.194. The summed E-state index contributed by atoms with van der Waals surface area (Å²) in [5.74, 6) is -1.75. The molecule has 23 heavy (non-hydrogen) atoms. The van der Waals surface area contributed by atoms with Crippen molar-refractivity contribution in [3.8, 4) is 0 Å². The zero-order valence-corrected chi connectivity index (χ0v) is 13.4. The van der Waals surface area contributed by atoms with Crippen molar-refractivity contribution in [2.75, 3.05) is 0 Å². The predicted molar refractivity (Wildman–Crippen MR) is 86.2 cm³/mol. The lowest BCUT2D eigenvalue weighted by Gasteiger charge is -2.20. The van der Waals surface area contributed by atoms with Crippen molar-refractivity contribution in [1.29, 1.82) is 0 Å². The SMILES string of the molecule is CCC(C)C(NC(=O)Cn1c(=O)n(C)c2ccccc21)C(=O)O. The first-order chi connectivity index (χ1) is 10.9. The predicted octanol–water partition coefficient (Wildman–Crippen LogP) is 0.955. The number of hydrogen-bond donors (Lipinski definition) is 2. The highest BCUT2D eigenvalue weighted by atomic mass is 16.4. The smallest absolute Gasteiger partial charge is 0.329 e. The number of carbonyl (C=O) groups excluding carboxylic acids is 1. The molecule has 2 N–H and O–H groups in total. The number of nitrogens with zero attached hydrogens (tertiary/aromatic N) is 2. The number of carboxylic acids is 1. The van der Waals surface area contributed by atoms with Crippen LogP contribution in [0.5, 0.6) is 0 Å². The second kappa shape index (κ2) is 6.68. The molecular weight excluding hydrogens is 298 g/mol. The van der Waals surface area contributed by atoms with E-state index >= 15 is 0 Å². The highest BCUT2D eigenvalue weighted by molar-refractivity contribution is 5.85. The van der Waals surface area contributed by atoms with Gasteiger partial charge in [-0.25, -0.2) is 9.59 Å². The topological polar surface area (TPSA) is 93.3 Å². The number of hydrogen-bond acceptors (Lipinski definition) is 3. The number of imidazole rings is 1. The number of benzene rings is 1. The quantitative estimate of drug-likeness (QED) is 0.829. The van der Waals surface area contributed by atoms with Crippen LogP contribution in [-0.2, 0) is 23.2 Å². The molecule has 0 aliphatic heterocycles. The van der Waals surface area contributed by atoms with Crippen molar-refractivity contribution in [3.05, 3.63) is 34.7 Å². The molecule has 7 heteroatoms. The summed E-state index contributed by atoms with van der Waals surface area (Å²) in [5.41, 5.74) is 1.06. The van der Waals surface area contributed by atoms with Crippen molar-refractivity contribution in [3.63, 3.8) is 0 Å². The average molecular weight is 319 g/mol. The van der Waals surface area contributed by atoms with Crippen LogP contribution in [0.4, 0.5) is 0 Å². The lowest BCUT2D eigenvalue weighted by atomic mass is 9.99. The number of para-hydroxylation sites is 2. The number of nitrogens with one attached hydrogen (secondary N) is 1. The van der Waals surface area contributed by atoms with Crippen LogP contribution >= 0.6 is 0 Å². The van der Waals surface area contributed by atoms with Crippen LogP contribution in [0.25, 0.3) is 11.0 Å². The van der Waals surface area contributed by atoms with Crippen molar-refractivity contribution in [2.45, 2.75) is 32.9 Å². The molecule has 0 radical (unpaired) electrons. The Morgan fingerprint density at radius 2 is 1.87 bits per heavy atom. The Labute approximate surface area is 133 Å². The third kappa shape index (κ3) is 3.28. The molecule has 2 atom stereocenters. The summed E-state index contributed by atoms with van der Waals surface area (Å²) in [6.07, 6.45) is 0.630. The maximum absolute atomic E-state index is 12.3. The van der Waals surface area contributed by atoms with E-state index in [1.807, 2.05) is 13.0 Å². The van der Waals surface area contributed by atoms with Gasteiger partial charge in [0.05, 0.1) is 11.0 Å². The second-order valence-corrected chi connectivity index (χ2v) is 5.69. The summed E-state index contributed by atoms with van der Waals surface area (Å²) < 4.78 is 2.81. The van der Waals surface area contributed by atoms with Gasteiger partial charge in [-0.2, -0.15) is 0 Å². The molecule has 0 spiro atoms. The molecule has 124 valence electrons. The fourth-order valence-corrected chi connectivity index (χ4v) is 2.56. The van der Waals surface area contributed by atoms with Gasteiger partial charge in [0.2, 0.25) is 5.91 Å². The summed E-state index contributed by atoms with van der Waals surface area (Å²) in [6.45, 7) is 3.42. The van der Waals surface area contributed by atoms with E-state index in [9.17, 15) is 19.5 Å². The maximum atomic E-state index is 12.3. The third-order valence-electron chi connectivity index (χ3n) is 4.15. The number of aryl methyl sites for hydroxylation is 1.